The van der Waals surface area contributed by atoms with Gasteiger partial charge in [0.2, 0.25) is 5.91 Å². The molecule has 2 N–H and O–H groups in total. The van der Waals surface area contributed by atoms with E-state index in [1.165, 1.54) is 28.0 Å². The van der Waals surface area contributed by atoms with Gasteiger partial charge >= 0.3 is 5.97 Å². The lowest BCUT2D eigenvalue weighted by atomic mass is 10.2. The molecule has 0 aromatic carbocycles. The number of hydrogen-bond acceptors (Lipinski definition) is 5. The summed E-state index contributed by atoms with van der Waals surface area (Å²) in [5.41, 5.74) is 0. The predicted molar refractivity (Wildman–Crippen MR) is 79.3 cm³/mol. The summed E-state index contributed by atoms with van der Waals surface area (Å²) < 4.78 is 0.709. The van der Waals surface area contributed by atoms with Crippen molar-refractivity contribution < 1.29 is 19.8 Å². The van der Waals surface area contributed by atoms with Crippen LogP contribution in [0.5, 0.6) is 0 Å². The van der Waals surface area contributed by atoms with Gasteiger partial charge in [0.25, 0.3) is 0 Å². The van der Waals surface area contributed by atoms with Crippen LogP contribution in [0.4, 0.5) is 0 Å². The van der Waals surface area contributed by atoms with Gasteiger partial charge in [-0.1, -0.05) is 11.6 Å². The van der Waals surface area contributed by atoms with Crippen LogP contribution in [0.3, 0.4) is 0 Å². The van der Waals surface area contributed by atoms with Gasteiger partial charge in [-0.25, -0.2) is 4.79 Å². The molecule has 2 heterocycles. The van der Waals surface area contributed by atoms with Gasteiger partial charge < -0.3 is 15.1 Å². The molecule has 1 fully saturated rings. The van der Waals surface area contributed by atoms with Crippen molar-refractivity contribution in [2.24, 2.45) is 0 Å². The molecule has 0 bridgehead atoms. The number of rotatable bonds is 5. The third kappa shape index (κ3) is 3.88. The molecule has 110 valence electrons. The summed E-state index contributed by atoms with van der Waals surface area (Å²) in [4.78, 5) is 25.4. The number of aliphatic hydroxyl groups excluding tert-OH is 1. The van der Waals surface area contributed by atoms with Gasteiger partial charge in [0.1, 0.15) is 6.04 Å². The molecule has 1 aromatic rings. The number of thioether (sulfide) groups is 1. The second kappa shape index (κ2) is 6.80. The molecule has 2 rings (SSSR count). The summed E-state index contributed by atoms with van der Waals surface area (Å²) >= 11 is 8.70. The van der Waals surface area contributed by atoms with Crippen molar-refractivity contribution in [1.82, 2.24) is 4.90 Å². The Morgan fingerprint density at radius 3 is 2.85 bits per heavy atom. The smallest absolute Gasteiger partial charge is 0.326 e. The van der Waals surface area contributed by atoms with Crippen LogP contribution in [-0.4, -0.2) is 51.4 Å². The minimum absolute atomic E-state index is 0.0984. The monoisotopic (exact) mass is 335 g/mol. The fourth-order valence-corrected chi connectivity index (χ4v) is 4.18. The van der Waals surface area contributed by atoms with E-state index < -0.39 is 18.1 Å². The average Bonchev–Trinajstić information content (AvgIpc) is 2.95. The number of β-amino-alcohol motifs (C(OH)–C–C–N with tert-alkyl or cyclic N) is 1. The van der Waals surface area contributed by atoms with Crippen LogP contribution in [0, 0.1) is 0 Å². The minimum atomic E-state index is -1.06. The Kier molecular flexibility index (Phi) is 5.31. The summed E-state index contributed by atoms with van der Waals surface area (Å²) in [5.74, 6) is -0.449. The van der Waals surface area contributed by atoms with E-state index in [0.717, 1.165) is 4.88 Å². The van der Waals surface area contributed by atoms with Crippen molar-refractivity contribution in [2.45, 2.75) is 24.3 Å². The first-order chi connectivity index (χ1) is 9.47. The number of carbonyl (C=O) groups is 2. The molecular formula is C12H14ClNO4S2. The van der Waals surface area contributed by atoms with Crippen LogP contribution >= 0.6 is 34.7 Å². The lowest BCUT2D eigenvalue weighted by molar-refractivity contribution is -0.147. The number of aliphatic carboxylic acids is 1. The fourth-order valence-electron chi connectivity index (χ4n) is 2.07. The molecule has 0 saturated carbocycles. The maximum Gasteiger partial charge on any atom is 0.326 e. The summed E-state index contributed by atoms with van der Waals surface area (Å²) in [6, 6.07) is 2.81. The Morgan fingerprint density at radius 2 is 2.25 bits per heavy atom. The van der Waals surface area contributed by atoms with Crippen LogP contribution in [0.1, 0.15) is 11.3 Å². The van der Waals surface area contributed by atoms with Crippen LogP contribution in [-0.2, 0) is 15.3 Å². The molecule has 0 aliphatic carbocycles. The third-order valence-electron chi connectivity index (χ3n) is 2.98. The number of nitrogens with zero attached hydrogens (tertiary/aromatic N) is 1. The number of halogens is 1. The van der Waals surface area contributed by atoms with E-state index in [1.807, 2.05) is 6.07 Å². The molecule has 0 unspecified atom stereocenters. The molecule has 1 aromatic heterocycles. The zero-order valence-corrected chi connectivity index (χ0v) is 12.9. The van der Waals surface area contributed by atoms with E-state index in [-0.39, 0.29) is 24.6 Å². The Morgan fingerprint density at radius 1 is 1.50 bits per heavy atom. The summed E-state index contributed by atoms with van der Waals surface area (Å²) in [5, 5.41) is 18.5. The topological polar surface area (TPSA) is 77.8 Å². The molecule has 1 amide bonds. The SMILES string of the molecule is O=C(O)[C@@H]1C[C@H](O)CN1C(=O)CSCc1ccc(Cl)s1. The highest BCUT2D eigenvalue weighted by Crippen LogP contribution is 2.26. The number of carboxylic acid groups (broad SMARTS) is 1. The highest BCUT2D eigenvalue weighted by Gasteiger charge is 2.38. The Bertz CT molecular complexity index is 507. The molecule has 0 spiro atoms. The molecule has 2 atom stereocenters. The fraction of sp³-hybridized carbons (Fsp3) is 0.500. The average molecular weight is 336 g/mol. The molecule has 1 aliphatic rings. The van der Waals surface area contributed by atoms with E-state index in [9.17, 15) is 14.7 Å². The first-order valence-corrected chi connectivity index (χ1v) is 8.34. The van der Waals surface area contributed by atoms with Gasteiger partial charge in [0.05, 0.1) is 16.2 Å². The summed E-state index contributed by atoms with van der Waals surface area (Å²) in [6.45, 7) is 0.0984. The number of thiophene rings is 1. The lowest BCUT2D eigenvalue weighted by Crippen LogP contribution is -2.41. The van der Waals surface area contributed by atoms with Crippen LogP contribution in [0.15, 0.2) is 12.1 Å². The van der Waals surface area contributed by atoms with Crippen LogP contribution in [0.2, 0.25) is 4.34 Å². The summed E-state index contributed by atoms with van der Waals surface area (Å²) in [6.07, 6.45) is -0.645. The standard InChI is InChI=1S/C12H14ClNO4S2/c13-10-2-1-8(20-10)5-19-6-11(16)14-4-7(15)3-9(14)12(17)18/h1-2,7,9,15H,3-6H2,(H,17,18)/t7-,9-/m0/s1. The largest absolute Gasteiger partial charge is 0.480 e. The number of hydrogen-bond donors (Lipinski definition) is 2. The van der Waals surface area contributed by atoms with E-state index in [0.29, 0.717) is 10.1 Å². The van der Waals surface area contributed by atoms with E-state index in [4.69, 9.17) is 16.7 Å². The van der Waals surface area contributed by atoms with E-state index in [2.05, 4.69) is 0 Å². The van der Waals surface area contributed by atoms with E-state index >= 15 is 0 Å². The molecule has 1 aliphatic heterocycles. The first-order valence-electron chi connectivity index (χ1n) is 5.99. The third-order valence-corrected chi connectivity index (χ3v) is 5.36. The van der Waals surface area contributed by atoms with Gasteiger partial charge in [-0.05, 0) is 12.1 Å². The Labute approximate surface area is 129 Å². The quantitative estimate of drug-likeness (QED) is 0.856. The maximum absolute atomic E-state index is 12.0. The zero-order valence-electron chi connectivity index (χ0n) is 10.5. The van der Waals surface area contributed by atoms with Gasteiger partial charge in [-0.2, -0.15) is 0 Å². The van der Waals surface area contributed by atoms with Crippen molar-refractivity contribution in [3.05, 3.63) is 21.3 Å². The molecule has 0 radical (unpaired) electrons. The highest BCUT2D eigenvalue weighted by molar-refractivity contribution is 7.99. The molecular weight excluding hydrogens is 322 g/mol. The lowest BCUT2D eigenvalue weighted by Gasteiger charge is -2.20. The number of carboxylic acids is 1. The molecule has 5 nitrogen and oxygen atoms in total. The zero-order chi connectivity index (χ0) is 14.7. The molecule has 8 heteroatoms. The summed E-state index contributed by atoms with van der Waals surface area (Å²) in [7, 11) is 0. The van der Waals surface area contributed by atoms with Crippen molar-refractivity contribution in [1.29, 1.82) is 0 Å². The number of amides is 1. The molecule has 1 saturated heterocycles. The normalized spacial score (nSPS) is 22.2. The number of carbonyl (C=O) groups excluding carboxylic acids is 1. The van der Waals surface area contributed by atoms with Crippen molar-refractivity contribution in [3.8, 4) is 0 Å². The second-order valence-corrected chi connectivity index (χ2v) is 7.27. The minimum Gasteiger partial charge on any atom is -0.480 e. The van der Waals surface area contributed by atoms with Crippen molar-refractivity contribution in [2.75, 3.05) is 12.3 Å². The van der Waals surface area contributed by atoms with Crippen LogP contribution in [0.25, 0.3) is 0 Å². The predicted octanol–water partition coefficient (Wildman–Crippen LogP) is 1.68. The first kappa shape index (κ1) is 15.6. The van der Waals surface area contributed by atoms with Gasteiger partial charge in [0.15, 0.2) is 0 Å². The second-order valence-electron chi connectivity index (χ2n) is 4.49. The number of likely N-dealkylation sites (tertiary alicyclic amines) is 1. The van der Waals surface area contributed by atoms with Gasteiger partial charge in [-0.15, -0.1) is 23.1 Å². The van der Waals surface area contributed by atoms with Crippen LogP contribution < -0.4 is 0 Å². The maximum atomic E-state index is 12.0. The Balaban J connectivity index is 1.83. The van der Waals surface area contributed by atoms with Crippen molar-refractivity contribution in [3.63, 3.8) is 0 Å². The van der Waals surface area contributed by atoms with Gasteiger partial charge in [-0.3, -0.25) is 4.79 Å². The number of aliphatic hydroxyl groups is 1. The Hall–Kier alpha value is -0.760. The van der Waals surface area contributed by atoms with E-state index in [1.54, 1.807) is 6.07 Å². The highest BCUT2D eigenvalue weighted by atomic mass is 35.5. The molecule has 20 heavy (non-hydrogen) atoms. The van der Waals surface area contributed by atoms with Crippen molar-refractivity contribution >= 4 is 46.6 Å². The van der Waals surface area contributed by atoms with Gasteiger partial charge in [0, 0.05) is 23.6 Å².